The summed E-state index contributed by atoms with van der Waals surface area (Å²) in [7, 11) is 0. The van der Waals surface area contributed by atoms with Crippen molar-refractivity contribution < 1.29 is 22.7 Å². The number of alkyl halides is 3. The molecule has 10 heteroatoms. The molecule has 0 radical (unpaired) electrons. The molecule has 1 amide bonds. The number of aromatic nitrogens is 2. The van der Waals surface area contributed by atoms with E-state index in [0.29, 0.717) is 30.6 Å². The van der Waals surface area contributed by atoms with Crippen LogP contribution in [0.4, 0.5) is 18.3 Å². The molecule has 3 heterocycles. The molecule has 0 saturated carbocycles. The minimum Gasteiger partial charge on any atom is -0.493 e. The van der Waals surface area contributed by atoms with E-state index in [9.17, 15) is 18.0 Å². The van der Waals surface area contributed by atoms with Crippen LogP contribution in [-0.2, 0) is 6.18 Å². The van der Waals surface area contributed by atoms with E-state index in [0.717, 1.165) is 29.6 Å². The molecule has 0 bridgehead atoms. The molecule has 0 unspecified atom stereocenters. The second-order valence-corrected chi connectivity index (χ2v) is 6.83. The van der Waals surface area contributed by atoms with Crippen molar-refractivity contribution in [1.29, 1.82) is 0 Å². The minimum atomic E-state index is -4.41. The van der Waals surface area contributed by atoms with E-state index < -0.39 is 17.8 Å². The number of anilines is 1. The van der Waals surface area contributed by atoms with Crippen LogP contribution in [0.15, 0.2) is 23.7 Å². The van der Waals surface area contributed by atoms with Crippen LogP contribution < -0.4 is 15.4 Å². The van der Waals surface area contributed by atoms with Crippen LogP contribution in [0.1, 0.15) is 29.0 Å². The fourth-order valence-electron chi connectivity index (χ4n) is 2.68. The molecule has 6 nitrogen and oxygen atoms in total. The maximum Gasteiger partial charge on any atom is 0.434 e. The van der Waals surface area contributed by atoms with Gasteiger partial charge in [0.2, 0.25) is 0 Å². The first kappa shape index (κ1) is 18.4. The highest BCUT2D eigenvalue weighted by molar-refractivity contribution is 7.13. The average molecular weight is 386 g/mol. The summed E-state index contributed by atoms with van der Waals surface area (Å²) in [6.45, 7) is 1.71. The number of ether oxygens (including phenoxy) is 1. The second kappa shape index (κ2) is 7.48. The zero-order valence-electron chi connectivity index (χ0n) is 13.7. The summed E-state index contributed by atoms with van der Waals surface area (Å²) in [5, 5.41) is 1.45. The van der Waals surface area contributed by atoms with Crippen molar-refractivity contribution in [2.75, 3.05) is 24.6 Å². The van der Waals surface area contributed by atoms with Gasteiger partial charge in [-0.1, -0.05) is 0 Å². The van der Waals surface area contributed by atoms with E-state index in [1.807, 2.05) is 4.90 Å². The van der Waals surface area contributed by atoms with Crippen LogP contribution in [0.25, 0.3) is 0 Å². The van der Waals surface area contributed by atoms with Crippen LogP contribution in [0, 0.1) is 5.92 Å². The lowest BCUT2D eigenvalue weighted by atomic mass is 9.98. The number of hydrogen-bond acceptors (Lipinski definition) is 6. The van der Waals surface area contributed by atoms with Gasteiger partial charge in [-0.2, -0.15) is 13.2 Å². The number of hydrogen-bond donors (Lipinski definition) is 1. The fraction of sp³-hybridized carbons (Fsp3) is 0.438. The Hall–Kier alpha value is -2.36. The van der Waals surface area contributed by atoms with Gasteiger partial charge >= 0.3 is 6.18 Å². The summed E-state index contributed by atoms with van der Waals surface area (Å²) in [4.78, 5) is 20.5. The van der Waals surface area contributed by atoms with E-state index in [2.05, 4.69) is 9.97 Å². The molecule has 2 aromatic rings. The molecule has 140 valence electrons. The van der Waals surface area contributed by atoms with Gasteiger partial charge in [-0.3, -0.25) is 9.78 Å². The summed E-state index contributed by atoms with van der Waals surface area (Å²) < 4.78 is 43.6. The Kier molecular flexibility index (Phi) is 5.30. The van der Waals surface area contributed by atoms with Gasteiger partial charge in [0.25, 0.3) is 5.91 Å². The molecule has 26 heavy (non-hydrogen) atoms. The molecule has 1 aliphatic rings. The quantitative estimate of drug-likeness (QED) is 0.855. The molecule has 3 rings (SSSR count). The van der Waals surface area contributed by atoms with Crippen molar-refractivity contribution in [3.63, 3.8) is 0 Å². The zero-order valence-corrected chi connectivity index (χ0v) is 14.5. The summed E-state index contributed by atoms with van der Waals surface area (Å²) >= 11 is 1.01. The topological polar surface area (TPSA) is 81.3 Å². The number of carbonyl (C=O) groups is 1. The Morgan fingerprint density at radius 3 is 2.73 bits per heavy atom. The predicted octanol–water partition coefficient (Wildman–Crippen LogP) is 2.95. The van der Waals surface area contributed by atoms with Crippen molar-refractivity contribution >= 4 is 22.4 Å². The summed E-state index contributed by atoms with van der Waals surface area (Å²) in [6.07, 6.45) is -1.38. The highest BCUT2D eigenvalue weighted by atomic mass is 32.1. The number of thiazole rings is 1. The fourth-order valence-corrected chi connectivity index (χ4v) is 3.57. The SMILES string of the molecule is NC(=O)c1cc(OCC2CCN(c3nc(C(F)(F)F)cs3)CC2)ccn1. The summed E-state index contributed by atoms with van der Waals surface area (Å²) in [5.41, 5.74) is 4.48. The molecule has 0 aliphatic carbocycles. The Balaban J connectivity index is 1.50. The Labute approximate surface area is 151 Å². The van der Waals surface area contributed by atoms with Crippen LogP contribution >= 0.6 is 11.3 Å². The first-order valence-corrected chi connectivity index (χ1v) is 8.87. The number of primary amides is 1. The maximum atomic E-state index is 12.6. The van der Waals surface area contributed by atoms with E-state index in [1.54, 1.807) is 6.07 Å². The van der Waals surface area contributed by atoms with Crippen LogP contribution in [-0.4, -0.2) is 35.6 Å². The molecule has 0 aromatic carbocycles. The third kappa shape index (κ3) is 4.43. The lowest BCUT2D eigenvalue weighted by Gasteiger charge is -2.31. The summed E-state index contributed by atoms with van der Waals surface area (Å²) in [6, 6.07) is 3.14. The third-order valence-corrected chi connectivity index (χ3v) is 5.04. The number of nitrogens with two attached hydrogens (primary N) is 1. The van der Waals surface area contributed by atoms with Gasteiger partial charge in [-0.25, -0.2) is 4.98 Å². The minimum absolute atomic E-state index is 0.140. The van der Waals surface area contributed by atoms with E-state index >= 15 is 0 Å². The number of nitrogens with zero attached hydrogens (tertiary/aromatic N) is 3. The number of carbonyl (C=O) groups excluding carboxylic acids is 1. The monoisotopic (exact) mass is 386 g/mol. The van der Waals surface area contributed by atoms with Crippen molar-refractivity contribution in [2.45, 2.75) is 19.0 Å². The van der Waals surface area contributed by atoms with Gasteiger partial charge in [0.1, 0.15) is 11.4 Å². The smallest absolute Gasteiger partial charge is 0.434 e. The average Bonchev–Trinajstić information content (AvgIpc) is 3.11. The molecular weight excluding hydrogens is 369 g/mol. The number of amides is 1. The Morgan fingerprint density at radius 1 is 1.38 bits per heavy atom. The Morgan fingerprint density at radius 2 is 2.12 bits per heavy atom. The molecule has 0 atom stereocenters. The standard InChI is InChI=1S/C16H17F3N4O2S/c17-16(18,19)13-9-26-15(22-13)23-5-2-10(3-6-23)8-25-11-1-4-21-12(7-11)14(20)24/h1,4,7,9-10H,2-3,5-6,8H2,(H2,20,24). The highest BCUT2D eigenvalue weighted by Gasteiger charge is 2.34. The zero-order chi connectivity index (χ0) is 18.7. The molecule has 2 N–H and O–H groups in total. The van der Waals surface area contributed by atoms with E-state index in [-0.39, 0.29) is 11.6 Å². The van der Waals surface area contributed by atoms with Crippen LogP contribution in [0.2, 0.25) is 0 Å². The number of piperidine rings is 1. The van der Waals surface area contributed by atoms with Crippen LogP contribution in [0.3, 0.4) is 0 Å². The van der Waals surface area contributed by atoms with Crippen LogP contribution in [0.5, 0.6) is 5.75 Å². The van der Waals surface area contributed by atoms with Gasteiger partial charge in [-0.05, 0) is 24.8 Å². The maximum absolute atomic E-state index is 12.6. The first-order chi connectivity index (χ1) is 12.3. The first-order valence-electron chi connectivity index (χ1n) is 7.99. The predicted molar refractivity (Wildman–Crippen MR) is 90.3 cm³/mol. The number of halogens is 3. The van der Waals surface area contributed by atoms with Crippen molar-refractivity contribution in [2.24, 2.45) is 11.7 Å². The van der Waals surface area contributed by atoms with Crippen molar-refractivity contribution in [3.8, 4) is 5.75 Å². The highest BCUT2D eigenvalue weighted by Crippen LogP contribution is 2.34. The molecule has 1 saturated heterocycles. The number of rotatable bonds is 5. The lowest BCUT2D eigenvalue weighted by Crippen LogP contribution is -2.35. The lowest BCUT2D eigenvalue weighted by molar-refractivity contribution is -0.140. The van der Waals surface area contributed by atoms with Crippen molar-refractivity contribution in [1.82, 2.24) is 9.97 Å². The second-order valence-electron chi connectivity index (χ2n) is 6.00. The van der Waals surface area contributed by atoms with Crippen molar-refractivity contribution in [3.05, 3.63) is 35.1 Å². The third-order valence-electron chi connectivity index (χ3n) is 4.14. The van der Waals surface area contributed by atoms with Gasteiger partial charge in [0.15, 0.2) is 10.8 Å². The van der Waals surface area contributed by atoms with Gasteiger partial charge in [-0.15, -0.1) is 11.3 Å². The van der Waals surface area contributed by atoms with Gasteiger partial charge in [0.05, 0.1) is 6.61 Å². The van der Waals surface area contributed by atoms with E-state index in [1.165, 1.54) is 12.3 Å². The summed E-state index contributed by atoms with van der Waals surface area (Å²) in [5.74, 6) is 0.176. The number of pyridine rings is 1. The molecule has 1 aliphatic heterocycles. The molecule has 2 aromatic heterocycles. The Bertz CT molecular complexity index is 773. The molecular formula is C16H17F3N4O2S. The molecule has 1 fully saturated rings. The van der Waals surface area contributed by atoms with Gasteiger partial charge < -0.3 is 15.4 Å². The normalized spacial score (nSPS) is 15.9. The molecule has 0 spiro atoms. The largest absolute Gasteiger partial charge is 0.493 e. The van der Waals surface area contributed by atoms with Gasteiger partial charge in [0, 0.05) is 30.7 Å². The van der Waals surface area contributed by atoms with E-state index in [4.69, 9.17) is 10.5 Å².